The lowest BCUT2D eigenvalue weighted by Gasteiger charge is -2.27. The first-order chi connectivity index (χ1) is 9.90. The fraction of sp³-hybridized carbons (Fsp3) is 0.429. The second-order valence-corrected chi connectivity index (χ2v) is 4.92. The molecule has 1 fully saturated rings. The highest BCUT2D eigenvalue weighted by Crippen LogP contribution is 2.29. The fourth-order valence-electron chi connectivity index (χ4n) is 2.21. The van der Waals surface area contributed by atoms with Crippen molar-refractivity contribution in [1.82, 2.24) is 4.90 Å². The summed E-state index contributed by atoms with van der Waals surface area (Å²) in [6.07, 6.45) is -3.25. The second kappa shape index (κ2) is 6.15. The third kappa shape index (κ3) is 3.96. The first-order valence-corrected chi connectivity index (χ1v) is 6.54. The normalized spacial score (nSPS) is 16.0. The van der Waals surface area contributed by atoms with Gasteiger partial charge in [-0.05, 0) is 17.7 Å². The molecule has 2 rings (SSSR count). The van der Waals surface area contributed by atoms with Crippen LogP contribution in [0.3, 0.4) is 0 Å². The zero-order valence-electron chi connectivity index (χ0n) is 11.2. The van der Waals surface area contributed by atoms with E-state index in [4.69, 9.17) is 5.21 Å². The molecular formula is C14H15F3N2O2. The van der Waals surface area contributed by atoms with E-state index >= 15 is 0 Å². The number of oxime groups is 1. The van der Waals surface area contributed by atoms with Crippen molar-refractivity contribution in [2.75, 3.05) is 13.1 Å². The van der Waals surface area contributed by atoms with Crippen LogP contribution in [-0.2, 0) is 17.4 Å². The number of nitrogens with zero attached hydrogens (tertiary/aromatic N) is 2. The number of benzene rings is 1. The van der Waals surface area contributed by atoms with Gasteiger partial charge >= 0.3 is 6.18 Å². The summed E-state index contributed by atoms with van der Waals surface area (Å²) in [6, 6.07) is 4.61. The van der Waals surface area contributed by atoms with Crippen molar-refractivity contribution in [3.05, 3.63) is 35.4 Å². The topological polar surface area (TPSA) is 52.9 Å². The molecule has 0 aliphatic carbocycles. The molecule has 4 nitrogen and oxygen atoms in total. The molecule has 1 heterocycles. The van der Waals surface area contributed by atoms with E-state index < -0.39 is 11.7 Å². The molecule has 21 heavy (non-hydrogen) atoms. The van der Waals surface area contributed by atoms with Gasteiger partial charge in [-0.2, -0.15) is 13.2 Å². The molecule has 1 amide bonds. The van der Waals surface area contributed by atoms with Gasteiger partial charge in [-0.25, -0.2) is 0 Å². The van der Waals surface area contributed by atoms with Crippen molar-refractivity contribution < 1.29 is 23.2 Å². The third-order valence-electron chi connectivity index (χ3n) is 3.47. The maximum atomic E-state index is 12.4. The molecule has 1 saturated heterocycles. The van der Waals surface area contributed by atoms with Crippen LogP contribution in [0, 0.1) is 0 Å². The first kappa shape index (κ1) is 15.3. The quantitative estimate of drug-likeness (QED) is 0.674. The van der Waals surface area contributed by atoms with Crippen LogP contribution in [-0.4, -0.2) is 34.8 Å². The molecule has 1 aliphatic rings. The van der Waals surface area contributed by atoms with Gasteiger partial charge in [-0.3, -0.25) is 4.79 Å². The summed E-state index contributed by atoms with van der Waals surface area (Å²) in [7, 11) is 0. The number of amides is 1. The standard InChI is InChI=1S/C14H15F3N2O2/c15-14(16,17)11-3-1-10(2-4-11)9-13(20)19-7-5-12(18-21)6-8-19/h1-4,21H,5-9H2. The predicted molar refractivity (Wildman–Crippen MR) is 70.2 cm³/mol. The van der Waals surface area contributed by atoms with Gasteiger partial charge in [-0.1, -0.05) is 17.3 Å². The number of halogens is 3. The Bertz CT molecular complexity index is 528. The van der Waals surface area contributed by atoms with E-state index in [1.54, 1.807) is 4.90 Å². The molecule has 0 radical (unpaired) electrons. The van der Waals surface area contributed by atoms with E-state index in [-0.39, 0.29) is 12.3 Å². The first-order valence-electron chi connectivity index (χ1n) is 6.54. The lowest BCUT2D eigenvalue weighted by atomic mass is 10.1. The molecule has 1 aliphatic heterocycles. The summed E-state index contributed by atoms with van der Waals surface area (Å²) in [5, 5.41) is 11.8. The highest BCUT2D eigenvalue weighted by molar-refractivity contribution is 5.87. The van der Waals surface area contributed by atoms with Gasteiger partial charge in [0.15, 0.2) is 0 Å². The van der Waals surface area contributed by atoms with E-state index in [1.165, 1.54) is 12.1 Å². The number of hydrogen-bond acceptors (Lipinski definition) is 3. The lowest BCUT2D eigenvalue weighted by Crippen LogP contribution is -2.39. The Morgan fingerprint density at radius 3 is 2.24 bits per heavy atom. The van der Waals surface area contributed by atoms with E-state index in [0.717, 1.165) is 12.1 Å². The van der Waals surface area contributed by atoms with Gasteiger partial charge < -0.3 is 10.1 Å². The molecule has 114 valence electrons. The predicted octanol–water partition coefficient (Wildman–Crippen LogP) is 2.70. The zero-order chi connectivity index (χ0) is 15.5. The van der Waals surface area contributed by atoms with Gasteiger partial charge in [0.05, 0.1) is 17.7 Å². The molecule has 1 N–H and O–H groups in total. The van der Waals surface area contributed by atoms with Crippen molar-refractivity contribution in [2.24, 2.45) is 5.16 Å². The van der Waals surface area contributed by atoms with Crippen LogP contribution in [0.15, 0.2) is 29.4 Å². The largest absolute Gasteiger partial charge is 0.416 e. The SMILES string of the molecule is O=C(Cc1ccc(C(F)(F)F)cc1)N1CCC(=NO)CC1. The van der Waals surface area contributed by atoms with Crippen LogP contribution in [0.2, 0.25) is 0 Å². The fourth-order valence-corrected chi connectivity index (χ4v) is 2.21. The minimum atomic E-state index is -4.37. The van der Waals surface area contributed by atoms with Gasteiger partial charge in [0.1, 0.15) is 0 Å². The highest BCUT2D eigenvalue weighted by atomic mass is 19.4. The summed E-state index contributed by atoms with van der Waals surface area (Å²) < 4.78 is 37.3. The average Bonchev–Trinajstić information content (AvgIpc) is 2.47. The molecule has 0 unspecified atom stereocenters. The molecule has 0 bridgehead atoms. The number of piperidine rings is 1. The Morgan fingerprint density at radius 2 is 1.76 bits per heavy atom. The van der Waals surface area contributed by atoms with Crippen molar-refractivity contribution >= 4 is 11.6 Å². The summed E-state index contributed by atoms with van der Waals surface area (Å²) >= 11 is 0. The highest BCUT2D eigenvalue weighted by Gasteiger charge is 2.30. The number of rotatable bonds is 2. The summed E-state index contributed by atoms with van der Waals surface area (Å²) in [5.41, 5.74) is 0.490. The Balaban J connectivity index is 1.94. The molecule has 1 aromatic rings. The van der Waals surface area contributed by atoms with Gasteiger partial charge in [-0.15, -0.1) is 0 Å². The number of hydrogen-bond donors (Lipinski definition) is 1. The molecular weight excluding hydrogens is 285 g/mol. The van der Waals surface area contributed by atoms with Crippen molar-refractivity contribution in [1.29, 1.82) is 0 Å². The molecule has 0 aromatic heterocycles. The van der Waals surface area contributed by atoms with E-state index in [9.17, 15) is 18.0 Å². The van der Waals surface area contributed by atoms with Crippen LogP contribution in [0.25, 0.3) is 0 Å². The monoisotopic (exact) mass is 300 g/mol. The van der Waals surface area contributed by atoms with Crippen LogP contribution < -0.4 is 0 Å². The Labute approximate surface area is 119 Å². The summed E-state index contributed by atoms with van der Waals surface area (Å²) in [5.74, 6) is -0.133. The van der Waals surface area contributed by atoms with Crippen LogP contribution >= 0.6 is 0 Å². The van der Waals surface area contributed by atoms with Gasteiger partial charge in [0.2, 0.25) is 5.91 Å². The van der Waals surface area contributed by atoms with E-state index in [1.807, 2.05) is 0 Å². The second-order valence-electron chi connectivity index (χ2n) is 4.92. The van der Waals surface area contributed by atoms with Crippen molar-refractivity contribution in [3.63, 3.8) is 0 Å². The summed E-state index contributed by atoms with van der Waals surface area (Å²) in [6.45, 7) is 0.942. The van der Waals surface area contributed by atoms with Crippen molar-refractivity contribution in [2.45, 2.75) is 25.4 Å². The number of alkyl halides is 3. The summed E-state index contributed by atoms with van der Waals surface area (Å²) in [4.78, 5) is 13.7. The Hall–Kier alpha value is -2.05. The smallest absolute Gasteiger partial charge is 0.411 e. The maximum Gasteiger partial charge on any atom is 0.416 e. The van der Waals surface area contributed by atoms with E-state index in [2.05, 4.69) is 5.16 Å². The Morgan fingerprint density at radius 1 is 1.19 bits per heavy atom. The molecule has 0 spiro atoms. The maximum absolute atomic E-state index is 12.4. The van der Waals surface area contributed by atoms with Crippen LogP contribution in [0.5, 0.6) is 0 Å². The molecule has 0 saturated carbocycles. The number of likely N-dealkylation sites (tertiary alicyclic amines) is 1. The number of carbonyl (C=O) groups is 1. The van der Waals surface area contributed by atoms with Crippen molar-refractivity contribution in [3.8, 4) is 0 Å². The number of carbonyl (C=O) groups excluding carboxylic acids is 1. The molecule has 0 atom stereocenters. The molecule has 1 aromatic carbocycles. The molecule has 7 heteroatoms. The Kier molecular flexibility index (Phi) is 4.50. The lowest BCUT2D eigenvalue weighted by molar-refractivity contribution is -0.137. The van der Waals surface area contributed by atoms with Gasteiger partial charge in [0, 0.05) is 25.9 Å². The van der Waals surface area contributed by atoms with Crippen LogP contribution in [0.4, 0.5) is 13.2 Å². The van der Waals surface area contributed by atoms with Gasteiger partial charge in [0.25, 0.3) is 0 Å². The van der Waals surface area contributed by atoms with E-state index in [0.29, 0.717) is 37.2 Å². The van der Waals surface area contributed by atoms with Crippen LogP contribution in [0.1, 0.15) is 24.0 Å². The minimum Gasteiger partial charge on any atom is -0.411 e. The minimum absolute atomic E-state index is 0.0732. The zero-order valence-corrected chi connectivity index (χ0v) is 11.2. The average molecular weight is 300 g/mol. The third-order valence-corrected chi connectivity index (χ3v) is 3.47.